The molecule has 3 rings (SSSR count). The number of nitrogens with zero attached hydrogens (tertiary/aromatic N) is 2. The van der Waals surface area contributed by atoms with Crippen molar-refractivity contribution in [2.75, 3.05) is 25.1 Å². The Hall–Kier alpha value is -2.03. The number of rotatable bonds is 3. The number of methoxy groups -OCH3 is 1. The normalized spacial score (nSPS) is 18.6. The molecule has 3 heteroatoms. The van der Waals surface area contributed by atoms with Crippen LogP contribution in [0.25, 0.3) is 0 Å². The van der Waals surface area contributed by atoms with Crippen molar-refractivity contribution in [3.63, 3.8) is 0 Å². The first kappa shape index (κ1) is 13.9. The van der Waals surface area contributed by atoms with E-state index >= 15 is 0 Å². The molecule has 110 valence electrons. The molecule has 0 amide bonds. The van der Waals surface area contributed by atoms with Gasteiger partial charge >= 0.3 is 0 Å². The van der Waals surface area contributed by atoms with Crippen molar-refractivity contribution < 1.29 is 4.74 Å². The molecule has 21 heavy (non-hydrogen) atoms. The number of hydrogen-bond acceptors (Lipinski definition) is 3. The van der Waals surface area contributed by atoms with Gasteiger partial charge in [-0.15, -0.1) is 0 Å². The minimum absolute atomic E-state index is 0.595. The molecule has 1 aliphatic heterocycles. The van der Waals surface area contributed by atoms with E-state index in [1.807, 2.05) is 12.4 Å². The monoisotopic (exact) mass is 282 g/mol. The molecule has 0 spiro atoms. The van der Waals surface area contributed by atoms with E-state index in [4.69, 9.17) is 4.74 Å². The van der Waals surface area contributed by atoms with Gasteiger partial charge in [-0.05, 0) is 49.1 Å². The molecular weight excluding hydrogens is 260 g/mol. The lowest BCUT2D eigenvalue weighted by atomic mass is 9.90. The smallest absolute Gasteiger partial charge is 0.118 e. The van der Waals surface area contributed by atoms with Gasteiger partial charge in [-0.3, -0.25) is 4.98 Å². The minimum Gasteiger partial charge on any atom is -0.497 e. The van der Waals surface area contributed by atoms with Crippen molar-refractivity contribution in [1.29, 1.82) is 0 Å². The lowest BCUT2D eigenvalue weighted by Gasteiger charge is -2.35. The Bertz CT molecular complexity index is 594. The van der Waals surface area contributed by atoms with Crippen molar-refractivity contribution in [3.05, 3.63) is 53.9 Å². The summed E-state index contributed by atoms with van der Waals surface area (Å²) in [6, 6.07) is 10.7. The van der Waals surface area contributed by atoms with Crippen LogP contribution in [0.15, 0.2) is 42.7 Å². The topological polar surface area (TPSA) is 25.4 Å². The Morgan fingerprint density at radius 2 is 2.00 bits per heavy atom. The summed E-state index contributed by atoms with van der Waals surface area (Å²) in [5, 5.41) is 0. The molecule has 0 N–H and O–H groups in total. The Balaban J connectivity index is 1.77. The van der Waals surface area contributed by atoms with Crippen molar-refractivity contribution in [2.45, 2.75) is 25.7 Å². The number of aromatic nitrogens is 1. The quantitative estimate of drug-likeness (QED) is 0.856. The average Bonchev–Trinajstić information content (AvgIpc) is 2.55. The second kappa shape index (κ2) is 6.17. The van der Waals surface area contributed by atoms with Gasteiger partial charge in [0.05, 0.1) is 7.11 Å². The summed E-state index contributed by atoms with van der Waals surface area (Å²) < 4.78 is 5.25. The van der Waals surface area contributed by atoms with Crippen molar-refractivity contribution in [2.24, 2.45) is 0 Å². The molecule has 0 bridgehead atoms. The number of benzene rings is 1. The van der Waals surface area contributed by atoms with Gasteiger partial charge in [-0.25, -0.2) is 0 Å². The molecule has 2 heterocycles. The van der Waals surface area contributed by atoms with Gasteiger partial charge in [0.25, 0.3) is 0 Å². The SMILES string of the molecule is COc1ccc(C2CCCN(c3ccncc3C)C2)cc1. The third kappa shape index (κ3) is 3.02. The number of ether oxygens (including phenoxy) is 1. The van der Waals surface area contributed by atoms with Crippen LogP contribution in [0.1, 0.15) is 29.9 Å². The van der Waals surface area contributed by atoms with E-state index in [1.54, 1.807) is 7.11 Å². The maximum atomic E-state index is 5.25. The second-order valence-corrected chi connectivity index (χ2v) is 5.72. The van der Waals surface area contributed by atoms with Crippen LogP contribution in [0.5, 0.6) is 5.75 Å². The molecule has 1 saturated heterocycles. The highest BCUT2D eigenvalue weighted by Crippen LogP contribution is 2.31. The van der Waals surface area contributed by atoms with Crippen LogP contribution in [-0.4, -0.2) is 25.2 Å². The summed E-state index contributed by atoms with van der Waals surface area (Å²) in [4.78, 5) is 6.69. The van der Waals surface area contributed by atoms with Crippen molar-refractivity contribution >= 4 is 5.69 Å². The third-order valence-electron chi connectivity index (χ3n) is 4.34. The molecule has 3 nitrogen and oxygen atoms in total. The van der Waals surface area contributed by atoms with E-state index in [9.17, 15) is 0 Å². The summed E-state index contributed by atoms with van der Waals surface area (Å²) in [5.74, 6) is 1.52. The molecule has 1 aromatic heterocycles. The Labute approximate surface area is 126 Å². The standard InChI is InChI=1S/C18H22N2O/c1-14-12-19-10-9-18(14)20-11-3-4-16(13-20)15-5-7-17(21-2)8-6-15/h5-10,12,16H,3-4,11,13H2,1-2H3. The highest BCUT2D eigenvalue weighted by molar-refractivity contribution is 5.52. The number of hydrogen-bond donors (Lipinski definition) is 0. The van der Waals surface area contributed by atoms with Crippen LogP contribution in [0.3, 0.4) is 0 Å². The van der Waals surface area contributed by atoms with Crippen LogP contribution in [0.2, 0.25) is 0 Å². The van der Waals surface area contributed by atoms with E-state index in [2.05, 4.69) is 47.1 Å². The number of anilines is 1. The molecule has 0 aliphatic carbocycles. The third-order valence-corrected chi connectivity index (χ3v) is 4.34. The Morgan fingerprint density at radius 1 is 1.19 bits per heavy atom. The maximum Gasteiger partial charge on any atom is 0.118 e. The van der Waals surface area contributed by atoms with E-state index < -0.39 is 0 Å². The Morgan fingerprint density at radius 3 is 2.71 bits per heavy atom. The molecule has 2 aromatic rings. The van der Waals surface area contributed by atoms with Gasteiger partial charge in [0.15, 0.2) is 0 Å². The van der Waals surface area contributed by atoms with Crippen molar-refractivity contribution in [3.8, 4) is 5.75 Å². The average molecular weight is 282 g/mol. The zero-order valence-electron chi connectivity index (χ0n) is 12.7. The number of pyridine rings is 1. The molecule has 1 unspecified atom stereocenters. The van der Waals surface area contributed by atoms with Gasteiger partial charge in [0.1, 0.15) is 5.75 Å². The predicted octanol–water partition coefficient (Wildman–Crippen LogP) is 3.78. The first-order valence-corrected chi connectivity index (χ1v) is 7.57. The van der Waals surface area contributed by atoms with Crippen molar-refractivity contribution in [1.82, 2.24) is 4.98 Å². The minimum atomic E-state index is 0.595. The van der Waals surface area contributed by atoms with Crippen LogP contribution in [-0.2, 0) is 0 Å². The van der Waals surface area contributed by atoms with Crippen LogP contribution in [0, 0.1) is 6.92 Å². The molecule has 1 fully saturated rings. The summed E-state index contributed by atoms with van der Waals surface area (Å²) in [7, 11) is 1.71. The van der Waals surface area contributed by atoms with Gasteiger partial charge in [0.2, 0.25) is 0 Å². The molecule has 1 aromatic carbocycles. The zero-order valence-corrected chi connectivity index (χ0v) is 12.7. The second-order valence-electron chi connectivity index (χ2n) is 5.72. The predicted molar refractivity (Wildman–Crippen MR) is 86.2 cm³/mol. The first-order valence-electron chi connectivity index (χ1n) is 7.57. The number of piperidine rings is 1. The fourth-order valence-corrected chi connectivity index (χ4v) is 3.16. The molecular formula is C18H22N2O. The van der Waals surface area contributed by atoms with E-state index in [-0.39, 0.29) is 0 Å². The molecule has 0 radical (unpaired) electrons. The number of aryl methyl sites for hydroxylation is 1. The lowest BCUT2D eigenvalue weighted by Crippen LogP contribution is -2.34. The largest absolute Gasteiger partial charge is 0.497 e. The Kier molecular flexibility index (Phi) is 4.09. The zero-order chi connectivity index (χ0) is 14.7. The lowest BCUT2D eigenvalue weighted by molar-refractivity contribution is 0.414. The van der Waals surface area contributed by atoms with Crippen LogP contribution >= 0.6 is 0 Å². The van der Waals surface area contributed by atoms with E-state index in [1.165, 1.54) is 29.7 Å². The van der Waals surface area contributed by atoms with Gasteiger partial charge < -0.3 is 9.64 Å². The summed E-state index contributed by atoms with van der Waals surface area (Å²) in [6.07, 6.45) is 6.33. The molecule has 1 aliphatic rings. The van der Waals surface area contributed by atoms with Crippen LogP contribution < -0.4 is 9.64 Å². The summed E-state index contributed by atoms with van der Waals surface area (Å²) >= 11 is 0. The highest BCUT2D eigenvalue weighted by Gasteiger charge is 2.22. The summed E-state index contributed by atoms with van der Waals surface area (Å²) in [5.41, 5.74) is 3.99. The van der Waals surface area contributed by atoms with E-state index in [0.29, 0.717) is 5.92 Å². The van der Waals surface area contributed by atoms with Gasteiger partial charge in [0, 0.05) is 37.1 Å². The fraction of sp³-hybridized carbons (Fsp3) is 0.389. The summed E-state index contributed by atoms with van der Waals surface area (Å²) in [6.45, 7) is 4.36. The van der Waals surface area contributed by atoms with Gasteiger partial charge in [-0.1, -0.05) is 12.1 Å². The highest BCUT2D eigenvalue weighted by atomic mass is 16.5. The first-order chi connectivity index (χ1) is 10.3. The fourth-order valence-electron chi connectivity index (χ4n) is 3.16. The van der Waals surface area contributed by atoms with E-state index in [0.717, 1.165) is 18.8 Å². The molecule has 0 saturated carbocycles. The maximum absolute atomic E-state index is 5.25. The molecule has 1 atom stereocenters. The van der Waals surface area contributed by atoms with Gasteiger partial charge in [-0.2, -0.15) is 0 Å². The van der Waals surface area contributed by atoms with Crippen LogP contribution in [0.4, 0.5) is 5.69 Å².